The molecule has 0 spiro atoms. The van der Waals surface area contributed by atoms with Crippen molar-refractivity contribution in [2.24, 2.45) is 0 Å². The topological polar surface area (TPSA) is 87.7 Å². The third-order valence-electron chi connectivity index (χ3n) is 3.19. The average molecular weight is 287 g/mol. The number of carbonyl (C=O) groups excluding carboxylic acids is 3. The predicted octanol–water partition coefficient (Wildman–Crippen LogP) is 0.702. The summed E-state index contributed by atoms with van der Waals surface area (Å²) < 4.78 is 5.26. The van der Waals surface area contributed by atoms with Gasteiger partial charge in [0.2, 0.25) is 5.91 Å². The number of fused-ring (bicyclic) bond motifs is 1. The van der Waals surface area contributed by atoms with Gasteiger partial charge in [-0.2, -0.15) is 0 Å². The summed E-state index contributed by atoms with van der Waals surface area (Å²) in [4.78, 5) is 35.3. The minimum atomic E-state index is -0.334. The van der Waals surface area contributed by atoms with Gasteiger partial charge in [-0.3, -0.25) is 19.3 Å². The molecule has 0 saturated carbocycles. The lowest BCUT2D eigenvalue weighted by Gasteiger charge is -2.19. The summed E-state index contributed by atoms with van der Waals surface area (Å²) in [7, 11) is 0. The van der Waals surface area contributed by atoms with Gasteiger partial charge in [-0.25, -0.2) is 0 Å². The number of benzene rings is 1. The summed E-state index contributed by atoms with van der Waals surface area (Å²) in [5.41, 5.74) is 1.90. The summed E-state index contributed by atoms with van der Waals surface area (Å²) >= 11 is 0. The van der Waals surface area contributed by atoms with E-state index in [0.717, 1.165) is 4.90 Å². The molecule has 0 unspecified atom stereocenters. The van der Waals surface area contributed by atoms with Gasteiger partial charge >= 0.3 is 0 Å². The highest BCUT2D eigenvalue weighted by molar-refractivity contribution is 6.03. The third kappa shape index (κ3) is 2.58. The van der Waals surface area contributed by atoms with Gasteiger partial charge < -0.3 is 15.4 Å². The molecule has 1 aromatic carbocycles. The van der Waals surface area contributed by atoms with Crippen LogP contribution in [-0.4, -0.2) is 35.8 Å². The summed E-state index contributed by atoms with van der Waals surface area (Å²) in [6, 6.07) is 5.23. The Bertz CT molecular complexity index is 681. The van der Waals surface area contributed by atoms with E-state index in [-0.39, 0.29) is 30.9 Å². The van der Waals surface area contributed by atoms with E-state index in [0.29, 0.717) is 22.8 Å². The first-order valence-corrected chi connectivity index (χ1v) is 6.39. The number of carbonyl (C=O) groups is 3. The molecule has 0 aromatic heterocycles. The first kappa shape index (κ1) is 13.2. The first-order chi connectivity index (χ1) is 10.0. The summed E-state index contributed by atoms with van der Waals surface area (Å²) in [5, 5.41) is 5.77. The van der Waals surface area contributed by atoms with Gasteiger partial charge in [0.05, 0.1) is 12.2 Å². The van der Waals surface area contributed by atoms with Crippen molar-refractivity contribution in [1.29, 1.82) is 0 Å². The minimum Gasteiger partial charge on any atom is -0.482 e. The molecule has 2 aliphatic heterocycles. The van der Waals surface area contributed by atoms with E-state index in [4.69, 9.17) is 4.74 Å². The molecule has 0 bridgehead atoms. The lowest BCUT2D eigenvalue weighted by molar-refractivity contribution is -0.138. The van der Waals surface area contributed by atoms with Gasteiger partial charge in [-0.05, 0) is 18.2 Å². The van der Waals surface area contributed by atoms with Crippen LogP contribution in [0.15, 0.2) is 30.0 Å². The molecule has 3 amide bonds. The lowest BCUT2D eigenvalue weighted by Crippen LogP contribution is -2.31. The van der Waals surface area contributed by atoms with E-state index in [1.165, 1.54) is 13.0 Å². The van der Waals surface area contributed by atoms with Crippen LogP contribution in [-0.2, 0) is 14.4 Å². The fraction of sp³-hybridized carbons (Fsp3) is 0.214. The average Bonchev–Trinajstić information content (AvgIpc) is 2.79. The van der Waals surface area contributed by atoms with Crippen LogP contribution >= 0.6 is 0 Å². The van der Waals surface area contributed by atoms with Gasteiger partial charge in [-0.1, -0.05) is 0 Å². The molecule has 2 heterocycles. The Morgan fingerprint density at radius 2 is 2.19 bits per heavy atom. The smallest absolute Gasteiger partial charge is 0.262 e. The third-order valence-corrected chi connectivity index (χ3v) is 3.19. The van der Waals surface area contributed by atoms with Crippen LogP contribution in [0, 0.1) is 0 Å². The molecule has 2 N–H and O–H groups in total. The Hall–Kier alpha value is -2.83. The van der Waals surface area contributed by atoms with Gasteiger partial charge in [0.1, 0.15) is 5.75 Å². The van der Waals surface area contributed by atoms with Crippen LogP contribution in [0.25, 0.3) is 0 Å². The zero-order valence-electron chi connectivity index (χ0n) is 11.3. The van der Waals surface area contributed by atoms with Crippen molar-refractivity contribution in [1.82, 2.24) is 4.90 Å². The Balaban J connectivity index is 1.76. The van der Waals surface area contributed by atoms with Crippen LogP contribution in [0.2, 0.25) is 0 Å². The molecule has 3 rings (SSSR count). The van der Waals surface area contributed by atoms with Crippen molar-refractivity contribution in [2.75, 3.05) is 23.8 Å². The van der Waals surface area contributed by atoms with E-state index in [1.54, 1.807) is 18.2 Å². The Kier molecular flexibility index (Phi) is 3.09. The maximum atomic E-state index is 11.6. The van der Waals surface area contributed by atoms with Crippen molar-refractivity contribution >= 4 is 29.1 Å². The molecular weight excluding hydrogens is 274 g/mol. The van der Waals surface area contributed by atoms with Crippen molar-refractivity contribution < 1.29 is 19.1 Å². The number of nitrogens with zero attached hydrogens (tertiary/aromatic N) is 1. The predicted molar refractivity (Wildman–Crippen MR) is 74.7 cm³/mol. The van der Waals surface area contributed by atoms with Gasteiger partial charge in [0.25, 0.3) is 11.8 Å². The van der Waals surface area contributed by atoms with Gasteiger partial charge in [-0.15, -0.1) is 0 Å². The van der Waals surface area contributed by atoms with Crippen LogP contribution in [0.3, 0.4) is 0 Å². The lowest BCUT2D eigenvalue weighted by atomic mass is 10.2. The van der Waals surface area contributed by atoms with Crippen LogP contribution < -0.4 is 15.4 Å². The van der Waals surface area contributed by atoms with E-state index >= 15 is 0 Å². The monoisotopic (exact) mass is 287 g/mol. The second-order valence-electron chi connectivity index (χ2n) is 4.79. The number of anilines is 2. The number of hydrogen-bond acceptors (Lipinski definition) is 5. The van der Waals surface area contributed by atoms with Gasteiger partial charge in [0, 0.05) is 24.4 Å². The Morgan fingerprint density at radius 3 is 2.90 bits per heavy atom. The van der Waals surface area contributed by atoms with Crippen LogP contribution in [0.4, 0.5) is 11.4 Å². The molecule has 7 nitrogen and oxygen atoms in total. The first-order valence-electron chi connectivity index (χ1n) is 6.39. The number of hydrogen-bond donors (Lipinski definition) is 2. The molecule has 1 aromatic rings. The van der Waals surface area contributed by atoms with E-state index in [9.17, 15) is 14.4 Å². The summed E-state index contributed by atoms with van der Waals surface area (Å²) in [6.45, 7) is 1.57. The summed E-state index contributed by atoms with van der Waals surface area (Å²) in [6.07, 6.45) is 1.38. The fourth-order valence-electron chi connectivity index (χ4n) is 2.21. The molecule has 0 aliphatic carbocycles. The number of ether oxygens (including phenoxy) is 1. The highest BCUT2D eigenvalue weighted by atomic mass is 16.5. The van der Waals surface area contributed by atoms with E-state index in [1.807, 2.05) is 0 Å². The second-order valence-corrected chi connectivity index (χ2v) is 4.79. The zero-order valence-corrected chi connectivity index (χ0v) is 11.3. The number of amides is 3. The maximum Gasteiger partial charge on any atom is 0.262 e. The van der Waals surface area contributed by atoms with Gasteiger partial charge in [0.15, 0.2) is 6.61 Å². The second kappa shape index (κ2) is 4.93. The highest BCUT2D eigenvalue weighted by Crippen LogP contribution is 2.31. The maximum absolute atomic E-state index is 11.6. The number of nitrogens with one attached hydrogen (secondary N) is 2. The van der Waals surface area contributed by atoms with E-state index in [2.05, 4.69) is 10.6 Å². The summed E-state index contributed by atoms with van der Waals surface area (Å²) in [5.74, 6) is -0.238. The normalized spacial score (nSPS) is 16.8. The van der Waals surface area contributed by atoms with Crippen LogP contribution in [0.1, 0.15) is 6.92 Å². The Morgan fingerprint density at radius 1 is 1.38 bits per heavy atom. The van der Waals surface area contributed by atoms with E-state index < -0.39 is 0 Å². The molecule has 21 heavy (non-hydrogen) atoms. The molecule has 0 radical (unpaired) electrons. The number of imide groups is 1. The zero-order chi connectivity index (χ0) is 15.0. The molecule has 2 aliphatic rings. The fourth-order valence-corrected chi connectivity index (χ4v) is 2.21. The number of rotatable bonds is 2. The molecule has 108 valence electrons. The van der Waals surface area contributed by atoms with Crippen molar-refractivity contribution in [2.45, 2.75) is 6.92 Å². The molecule has 0 atom stereocenters. The Labute approximate surface area is 120 Å². The highest BCUT2D eigenvalue weighted by Gasteiger charge is 2.25. The molecule has 7 heteroatoms. The van der Waals surface area contributed by atoms with Crippen molar-refractivity contribution in [3.05, 3.63) is 30.0 Å². The minimum absolute atomic E-state index is 0.00695. The molecule has 0 fully saturated rings. The molecular formula is C14H13N3O4. The quantitative estimate of drug-likeness (QED) is 0.836. The van der Waals surface area contributed by atoms with Crippen LogP contribution in [0.5, 0.6) is 5.75 Å². The standard InChI is InChI=1S/C14H13N3O4/c1-8(18)17-6-10(5-14(17)20)15-9-2-3-12-11(4-9)16-13(19)7-21-12/h2-5,15H,6-7H2,1H3,(H,16,19). The SMILES string of the molecule is CC(=O)N1CC(Nc2ccc3c(c2)NC(=O)CO3)=CC1=O. The molecule has 0 saturated heterocycles. The van der Waals surface area contributed by atoms with Crippen molar-refractivity contribution in [3.63, 3.8) is 0 Å². The largest absolute Gasteiger partial charge is 0.482 e. The van der Waals surface area contributed by atoms with Crippen molar-refractivity contribution in [3.8, 4) is 5.75 Å².